The van der Waals surface area contributed by atoms with Crippen LogP contribution < -0.4 is 10.5 Å². The fourth-order valence-electron chi connectivity index (χ4n) is 3.66. The third-order valence-corrected chi connectivity index (χ3v) is 5.98. The number of aliphatic hydroxyl groups excluding tert-OH is 1. The van der Waals surface area contributed by atoms with Crippen molar-refractivity contribution in [3.05, 3.63) is 83.3 Å². The van der Waals surface area contributed by atoms with Gasteiger partial charge < -0.3 is 20.1 Å². The number of amides is 1. The van der Waals surface area contributed by atoms with E-state index < -0.39 is 12.0 Å². The molecule has 2 aromatic heterocycles. The summed E-state index contributed by atoms with van der Waals surface area (Å²) in [5.41, 5.74) is 9.47. The lowest BCUT2D eigenvalue weighted by Crippen LogP contribution is -2.21. The summed E-state index contributed by atoms with van der Waals surface area (Å²) >= 11 is 1.33. The van der Waals surface area contributed by atoms with Crippen molar-refractivity contribution in [3.63, 3.8) is 0 Å². The minimum atomic E-state index is -0.626. The predicted octanol–water partition coefficient (Wildman–Crippen LogP) is 3.63. The van der Waals surface area contributed by atoms with Crippen molar-refractivity contribution in [1.29, 1.82) is 0 Å². The van der Waals surface area contributed by atoms with Crippen LogP contribution in [0.15, 0.2) is 66.4 Å². The molecule has 3 N–H and O–H groups in total. The van der Waals surface area contributed by atoms with Gasteiger partial charge in [0.25, 0.3) is 5.91 Å². The van der Waals surface area contributed by atoms with Crippen LogP contribution in [0.2, 0.25) is 0 Å². The Morgan fingerprint density at radius 1 is 1.21 bits per heavy atom. The maximum atomic E-state index is 11.4. The number of carbonyl (C=O) groups excluding carboxylic acids is 1. The van der Waals surface area contributed by atoms with E-state index in [1.165, 1.54) is 17.9 Å². The van der Waals surface area contributed by atoms with Crippen molar-refractivity contribution >= 4 is 17.4 Å². The molecule has 2 unspecified atom stereocenters. The van der Waals surface area contributed by atoms with Gasteiger partial charge in [0.1, 0.15) is 23.7 Å². The first kappa shape index (κ1) is 22.6. The molecule has 2 atom stereocenters. The van der Waals surface area contributed by atoms with Crippen molar-refractivity contribution in [3.8, 4) is 17.0 Å². The summed E-state index contributed by atoms with van der Waals surface area (Å²) in [6, 6.07) is 15.7. The van der Waals surface area contributed by atoms with E-state index in [2.05, 4.69) is 14.6 Å². The number of primary amides is 1. The predicted molar refractivity (Wildman–Crippen MR) is 126 cm³/mol. The molecule has 0 aliphatic rings. The minimum absolute atomic E-state index is 0.182. The summed E-state index contributed by atoms with van der Waals surface area (Å²) in [7, 11) is 0. The van der Waals surface area contributed by atoms with Crippen LogP contribution in [0.25, 0.3) is 11.3 Å². The second kappa shape index (κ2) is 10.4. The Hall–Kier alpha value is -3.56. The molecule has 0 aliphatic carbocycles. The number of nitrogens with zero attached hydrogens (tertiary/aromatic N) is 4. The molecule has 0 saturated carbocycles. The van der Waals surface area contributed by atoms with Gasteiger partial charge >= 0.3 is 0 Å². The first-order valence-electron chi connectivity index (χ1n) is 10.6. The molecule has 4 aromatic rings. The van der Waals surface area contributed by atoms with Crippen LogP contribution in [0.5, 0.6) is 5.75 Å². The molecular weight excluding hydrogens is 438 g/mol. The van der Waals surface area contributed by atoms with Crippen molar-refractivity contribution in [2.45, 2.75) is 38.5 Å². The highest BCUT2D eigenvalue weighted by atomic mass is 32.1. The average molecular weight is 464 g/mol. The lowest BCUT2D eigenvalue weighted by atomic mass is 10.0. The van der Waals surface area contributed by atoms with Crippen molar-refractivity contribution in [1.82, 2.24) is 19.1 Å². The number of aryl methyl sites for hydroxylation is 1. The number of hydrogen-bond donors (Lipinski definition) is 2. The zero-order chi connectivity index (χ0) is 23.2. The molecule has 9 heteroatoms. The normalized spacial score (nSPS) is 12.9. The zero-order valence-electron chi connectivity index (χ0n) is 18.2. The van der Waals surface area contributed by atoms with Crippen molar-refractivity contribution in [2.75, 3.05) is 0 Å². The summed E-state index contributed by atoms with van der Waals surface area (Å²) in [6.07, 6.45) is 3.81. The van der Waals surface area contributed by atoms with Crippen LogP contribution in [-0.4, -0.2) is 36.3 Å². The van der Waals surface area contributed by atoms with Gasteiger partial charge in [-0.3, -0.25) is 4.79 Å². The van der Waals surface area contributed by atoms with Gasteiger partial charge in [0, 0.05) is 17.1 Å². The van der Waals surface area contributed by atoms with Gasteiger partial charge in [0.15, 0.2) is 0 Å². The molecule has 0 spiro atoms. The summed E-state index contributed by atoms with van der Waals surface area (Å²) in [5, 5.41) is 16.3. The smallest absolute Gasteiger partial charge is 0.268 e. The molecule has 4 rings (SSSR count). The minimum Gasteiger partial charge on any atom is -0.489 e. The van der Waals surface area contributed by atoms with E-state index in [1.807, 2.05) is 53.9 Å². The molecule has 33 heavy (non-hydrogen) atoms. The van der Waals surface area contributed by atoms with E-state index in [9.17, 15) is 9.90 Å². The van der Waals surface area contributed by atoms with E-state index in [1.54, 1.807) is 17.7 Å². The summed E-state index contributed by atoms with van der Waals surface area (Å²) in [5.74, 6) is 0.214. The SMILES string of the molecule is CC(O)C(CCc1ccccc1OCc1ccc(-c2csnn2)cc1)n1cnc(C(N)=O)c1. The van der Waals surface area contributed by atoms with E-state index in [0.717, 1.165) is 28.1 Å². The Balaban J connectivity index is 1.40. The maximum absolute atomic E-state index is 11.4. The number of nitrogens with two attached hydrogens (primary N) is 1. The average Bonchev–Trinajstić information content (AvgIpc) is 3.52. The topological polar surface area (TPSA) is 116 Å². The monoisotopic (exact) mass is 463 g/mol. The lowest BCUT2D eigenvalue weighted by molar-refractivity contribution is 0.0994. The van der Waals surface area contributed by atoms with Crippen LogP contribution in [0, 0.1) is 0 Å². The number of hydrogen-bond acceptors (Lipinski definition) is 7. The molecule has 0 aliphatic heterocycles. The van der Waals surface area contributed by atoms with Crippen molar-refractivity contribution in [2.24, 2.45) is 5.73 Å². The lowest BCUT2D eigenvalue weighted by Gasteiger charge is -2.22. The Morgan fingerprint density at radius 2 is 2.00 bits per heavy atom. The quantitative estimate of drug-likeness (QED) is 0.371. The van der Waals surface area contributed by atoms with Gasteiger partial charge in [-0.25, -0.2) is 4.98 Å². The summed E-state index contributed by atoms with van der Waals surface area (Å²) in [6.45, 7) is 2.16. The Bertz CT molecular complexity index is 1190. The molecule has 8 nitrogen and oxygen atoms in total. The number of aliphatic hydroxyl groups is 1. The maximum Gasteiger partial charge on any atom is 0.268 e. The highest BCUT2D eigenvalue weighted by molar-refractivity contribution is 7.03. The van der Waals surface area contributed by atoms with Gasteiger partial charge in [-0.05, 0) is 48.5 Å². The van der Waals surface area contributed by atoms with Crippen LogP contribution in [0.3, 0.4) is 0 Å². The number of aromatic nitrogens is 4. The molecule has 0 radical (unpaired) electrons. The standard InChI is InChI=1S/C24H25N5O3S/c1-16(30)22(29-12-20(24(25)31)26-15-29)11-10-19-4-2-3-5-23(19)32-13-17-6-8-18(9-7-17)21-14-33-28-27-21/h2-9,12,14-16,22,30H,10-11,13H2,1H3,(H2,25,31). The number of para-hydroxylation sites is 1. The van der Waals surface area contributed by atoms with Crippen LogP contribution in [0.4, 0.5) is 0 Å². The number of rotatable bonds is 10. The zero-order valence-corrected chi connectivity index (χ0v) is 19.0. The number of carbonyl (C=O) groups is 1. The molecule has 0 saturated heterocycles. The van der Waals surface area contributed by atoms with E-state index in [4.69, 9.17) is 10.5 Å². The molecule has 2 aromatic carbocycles. The van der Waals surface area contributed by atoms with Gasteiger partial charge in [-0.1, -0.05) is 47.0 Å². The third-order valence-electron chi connectivity index (χ3n) is 5.48. The van der Waals surface area contributed by atoms with E-state index >= 15 is 0 Å². The number of imidazole rings is 1. The number of benzene rings is 2. The van der Waals surface area contributed by atoms with Crippen molar-refractivity contribution < 1.29 is 14.6 Å². The molecule has 0 bridgehead atoms. The van der Waals surface area contributed by atoms with E-state index in [0.29, 0.717) is 19.4 Å². The molecule has 0 fully saturated rings. The highest BCUT2D eigenvalue weighted by Gasteiger charge is 2.19. The Kier molecular flexibility index (Phi) is 7.11. The largest absolute Gasteiger partial charge is 0.489 e. The Morgan fingerprint density at radius 3 is 2.67 bits per heavy atom. The van der Waals surface area contributed by atoms with Gasteiger partial charge in [-0.2, -0.15) is 0 Å². The molecule has 170 valence electrons. The third kappa shape index (κ3) is 5.63. The number of ether oxygens (including phenoxy) is 1. The fourth-order valence-corrected chi connectivity index (χ4v) is 4.13. The molecule has 2 heterocycles. The van der Waals surface area contributed by atoms with Gasteiger partial charge in [-0.15, -0.1) is 5.10 Å². The van der Waals surface area contributed by atoms with Crippen LogP contribution >= 0.6 is 11.5 Å². The fraction of sp³-hybridized carbons (Fsp3) is 0.250. The second-order valence-electron chi connectivity index (χ2n) is 7.80. The Labute approximate surface area is 195 Å². The van der Waals surface area contributed by atoms with Crippen LogP contribution in [0.1, 0.15) is 41.0 Å². The molecular formula is C24H25N5O3S. The highest BCUT2D eigenvalue weighted by Crippen LogP contribution is 2.26. The first-order valence-corrected chi connectivity index (χ1v) is 11.4. The second-order valence-corrected chi connectivity index (χ2v) is 8.41. The van der Waals surface area contributed by atoms with E-state index in [-0.39, 0.29) is 11.7 Å². The molecule has 1 amide bonds. The van der Waals surface area contributed by atoms with Gasteiger partial charge in [0.2, 0.25) is 0 Å². The van der Waals surface area contributed by atoms with Crippen LogP contribution in [-0.2, 0) is 13.0 Å². The summed E-state index contributed by atoms with van der Waals surface area (Å²) < 4.78 is 11.8. The van der Waals surface area contributed by atoms with Gasteiger partial charge in [0.05, 0.1) is 18.5 Å². The first-order chi connectivity index (χ1) is 16.0. The summed E-state index contributed by atoms with van der Waals surface area (Å²) in [4.78, 5) is 15.4.